The van der Waals surface area contributed by atoms with E-state index in [2.05, 4.69) is 4.37 Å². The van der Waals surface area contributed by atoms with Crippen LogP contribution in [-0.4, -0.2) is 21.0 Å². The lowest BCUT2D eigenvalue weighted by molar-refractivity contribution is 0.0979. The second kappa shape index (κ2) is 3.74. The molecule has 1 aliphatic rings. The normalized spacial score (nSPS) is 13.4. The average Bonchev–Trinajstić information content (AvgIpc) is 2.80. The maximum Gasteiger partial charge on any atom is 0.206 e. The molecule has 0 aliphatic heterocycles. The van der Waals surface area contributed by atoms with Crippen LogP contribution in [0.25, 0.3) is 0 Å². The topological polar surface area (TPSA) is 67.3 Å². The van der Waals surface area contributed by atoms with E-state index in [4.69, 9.17) is 0 Å². The van der Waals surface area contributed by atoms with Crippen molar-refractivity contribution in [2.75, 3.05) is 0 Å². The molecule has 1 N–H and O–H groups in total. The van der Waals surface area contributed by atoms with Gasteiger partial charge in [-0.05, 0) is 30.1 Å². The molecule has 4 nitrogen and oxygen atoms in total. The van der Waals surface area contributed by atoms with Crippen molar-refractivity contribution in [1.82, 2.24) is 4.37 Å². The molecule has 0 unspecified atom stereocenters. The maximum absolute atomic E-state index is 12.4. The minimum atomic E-state index is -0.302. The fraction of sp³-hybridized carbons (Fsp3) is 0.154. The molecule has 0 saturated heterocycles. The SMILES string of the molecule is CCc1nsc2c1C(=O)c1c(O)cccc1C2=O. The van der Waals surface area contributed by atoms with Crippen LogP contribution in [0, 0.1) is 0 Å². The largest absolute Gasteiger partial charge is 0.507 e. The molecule has 0 radical (unpaired) electrons. The first-order chi connectivity index (χ1) is 8.65. The van der Waals surface area contributed by atoms with Gasteiger partial charge in [0.2, 0.25) is 11.6 Å². The molecule has 90 valence electrons. The van der Waals surface area contributed by atoms with Gasteiger partial charge >= 0.3 is 0 Å². The summed E-state index contributed by atoms with van der Waals surface area (Å²) in [4.78, 5) is 25.0. The number of phenolic OH excluding ortho intramolecular Hbond substituents is 1. The molecule has 18 heavy (non-hydrogen) atoms. The molecule has 0 amide bonds. The first-order valence-corrected chi connectivity index (χ1v) is 6.32. The number of benzene rings is 1. The second-order valence-corrected chi connectivity index (χ2v) is 4.82. The van der Waals surface area contributed by atoms with Crippen molar-refractivity contribution in [3.05, 3.63) is 45.5 Å². The summed E-state index contributed by atoms with van der Waals surface area (Å²) in [5.74, 6) is -0.680. The molecule has 0 bridgehead atoms. The first-order valence-electron chi connectivity index (χ1n) is 5.55. The van der Waals surface area contributed by atoms with Crippen molar-refractivity contribution in [2.24, 2.45) is 0 Å². The van der Waals surface area contributed by atoms with Gasteiger partial charge in [0.05, 0.1) is 16.8 Å². The highest BCUT2D eigenvalue weighted by molar-refractivity contribution is 7.09. The molecule has 2 aromatic rings. The summed E-state index contributed by atoms with van der Waals surface area (Å²) in [7, 11) is 0. The molecule has 0 atom stereocenters. The number of nitrogens with zero attached hydrogens (tertiary/aromatic N) is 1. The van der Waals surface area contributed by atoms with Gasteiger partial charge in [-0.15, -0.1) is 0 Å². The van der Waals surface area contributed by atoms with E-state index in [1.807, 2.05) is 6.92 Å². The summed E-state index contributed by atoms with van der Waals surface area (Å²) in [6.45, 7) is 1.88. The number of ketones is 2. The van der Waals surface area contributed by atoms with Crippen molar-refractivity contribution in [3.8, 4) is 5.75 Å². The summed E-state index contributed by atoms with van der Waals surface area (Å²) in [6, 6.07) is 4.54. The Labute approximate surface area is 107 Å². The summed E-state index contributed by atoms with van der Waals surface area (Å²) in [6.07, 6.45) is 0.591. The number of phenols is 1. The number of hydrogen-bond acceptors (Lipinski definition) is 5. The molecule has 3 rings (SSSR count). The Morgan fingerprint density at radius 2 is 2.00 bits per heavy atom. The lowest BCUT2D eigenvalue weighted by atomic mass is 9.87. The molecule has 0 saturated carbocycles. The maximum atomic E-state index is 12.4. The van der Waals surface area contributed by atoms with Gasteiger partial charge in [-0.2, -0.15) is 4.37 Å². The van der Waals surface area contributed by atoms with Gasteiger partial charge in [-0.1, -0.05) is 13.0 Å². The van der Waals surface area contributed by atoms with E-state index in [1.165, 1.54) is 6.07 Å². The van der Waals surface area contributed by atoms with Gasteiger partial charge in [-0.3, -0.25) is 9.59 Å². The number of carbonyl (C=O) groups is 2. The van der Waals surface area contributed by atoms with Gasteiger partial charge in [-0.25, -0.2) is 0 Å². The third-order valence-electron chi connectivity index (χ3n) is 3.05. The monoisotopic (exact) mass is 259 g/mol. The molecule has 1 aromatic heterocycles. The van der Waals surface area contributed by atoms with Gasteiger partial charge in [0.1, 0.15) is 10.6 Å². The number of hydrogen-bond donors (Lipinski definition) is 1. The van der Waals surface area contributed by atoms with Crippen LogP contribution in [0.2, 0.25) is 0 Å². The van der Waals surface area contributed by atoms with E-state index in [1.54, 1.807) is 12.1 Å². The minimum Gasteiger partial charge on any atom is -0.507 e. The number of fused-ring (bicyclic) bond motifs is 2. The van der Waals surface area contributed by atoms with Crippen molar-refractivity contribution in [3.63, 3.8) is 0 Å². The van der Waals surface area contributed by atoms with Crippen LogP contribution in [0.4, 0.5) is 0 Å². The quantitative estimate of drug-likeness (QED) is 0.727. The molecule has 0 spiro atoms. The Morgan fingerprint density at radius 3 is 2.72 bits per heavy atom. The molecule has 1 heterocycles. The van der Waals surface area contributed by atoms with Crippen LogP contribution in [-0.2, 0) is 6.42 Å². The highest BCUT2D eigenvalue weighted by Gasteiger charge is 2.35. The van der Waals surface area contributed by atoms with Crippen LogP contribution in [0.15, 0.2) is 18.2 Å². The highest BCUT2D eigenvalue weighted by atomic mass is 32.1. The van der Waals surface area contributed by atoms with Gasteiger partial charge < -0.3 is 5.11 Å². The highest BCUT2D eigenvalue weighted by Crippen LogP contribution is 2.35. The van der Waals surface area contributed by atoms with E-state index >= 15 is 0 Å². The molecular formula is C13H9NO3S. The van der Waals surface area contributed by atoms with Crippen LogP contribution in [0.3, 0.4) is 0 Å². The number of aromatic hydroxyl groups is 1. The Hall–Kier alpha value is -2.01. The predicted octanol–water partition coefficient (Wildman–Crippen LogP) is 2.19. The van der Waals surface area contributed by atoms with Crippen molar-refractivity contribution in [1.29, 1.82) is 0 Å². The fourth-order valence-electron chi connectivity index (χ4n) is 2.17. The number of aromatic nitrogens is 1. The third-order valence-corrected chi connectivity index (χ3v) is 3.93. The molecule has 1 aliphatic carbocycles. The van der Waals surface area contributed by atoms with E-state index < -0.39 is 0 Å². The minimum absolute atomic E-state index is 0.102. The van der Waals surface area contributed by atoms with E-state index in [-0.39, 0.29) is 28.4 Å². The lowest BCUT2D eigenvalue weighted by Gasteiger charge is -2.15. The summed E-state index contributed by atoms with van der Waals surface area (Å²) >= 11 is 1.06. The van der Waals surface area contributed by atoms with Crippen LogP contribution in [0.5, 0.6) is 5.75 Å². The van der Waals surface area contributed by atoms with Crippen molar-refractivity contribution >= 4 is 23.1 Å². The first kappa shape index (κ1) is 11.1. The summed E-state index contributed by atoms with van der Waals surface area (Å²) < 4.78 is 4.15. The second-order valence-electron chi connectivity index (χ2n) is 4.04. The van der Waals surface area contributed by atoms with Crippen molar-refractivity contribution in [2.45, 2.75) is 13.3 Å². The zero-order valence-corrected chi connectivity index (χ0v) is 10.4. The van der Waals surface area contributed by atoms with E-state index in [0.717, 1.165) is 11.5 Å². The Kier molecular flexibility index (Phi) is 2.31. The number of carbonyl (C=O) groups excluding carboxylic acids is 2. The van der Waals surface area contributed by atoms with Crippen molar-refractivity contribution < 1.29 is 14.7 Å². The Bertz CT molecular complexity index is 688. The van der Waals surface area contributed by atoms with Gasteiger partial charge in [0.25, 0.3) is 0 Å². The van der Waals surface area contributed by atoms with E-state index in [0.29, 0.717) is 22.6 Å². The Balaban J connectivity index is 2.34. The van der Waals surface area contributed by atoms with E-state index in [9.17, 15) is 14.7 Å². The third kappa shape index (κ3) is 1.28. The standard InChI is InChI=1S/C13H9NO3S/c1-2-7-10-12(17)9-6(4-3-5-8(9)15)11(16)13(10)18-14-7/h3-5,15H,2H2,1H3. The predicted molar refractivity (Wildman–Crippen MR) is 66.5 cm³/mol. The number of rotatable bonds is 1. The summed E-state index contributed by atoms with van der Waals surface area (Å²) in [5.41, 5.74) is 1.35. The average molecular weight is 259 g/mol. The zero-order valence-electron chi connectivity index (χ0n) is 9.56. The number of aryl methyl sites for hydroxylation is 1. The fourth-order valence-corrected chi connectivity index (χ4v) is 3.09. The van der Waals surface area contributed by atoms with Gasteiger partial charge in [0.15, 0.2) is 0 Å². The zero-order chi connectivity index (χ0) is 12.9. The molecule has 1 aromatic carbocycles. The lowest BCUT2D eigenvalue weighted by Crippen LogP contribution is -2.20. The molecular weight excluding hydrogens is 250 g/mol. The van der Waals surface area contributed by atoms with Gasteiger partial charge in [0, 0.05) is 5.56 Å². The molecule has 0 fully saturated rings. The van der Waals surface area contributed by atoms with Crippen LogP contribution >= 0.6 is 11.5 Å². The van der Waals surface area contributed by atoms with Crippen LogP contribution in [0.1, 0.15) is 43.8 Å². The van der Waals surface area contributed by atoms with Crippen LogP contribution < -0.4 is 0 Å². The molecule has 5 heteroatoms. The Morgan fingerprint density at radius 1 is 1.22 bits per heavy atom. The smallest absolute Gasteiger partial charge is 0.206 e. The summed E-state index contributed by atoms with van der Waals surface area (Å²) in [5, 5.41) is 9.78.